The van der Waals surface area contributed by atoms with E-state index >= 15 is 0 Å². The van der Waals surface area contributed by atoms with Gasteiger partial charge in [0.25, 0.3) is 5.91 Å². The molecule has 1 unspecified atom stereocenters. The zero-order valence-corrected chi connectivity index (χ0v) is 14.7. The van der Waals surface area contributed by atoms with E-state index in [0.29, 0.717) is 11.7 Å². The van der Waals surface area contributed by atoms with Crippen molar-refractivity contribution in [3.8, 4) is 5.75 Å². The van der Waals surface area contributed by atoms with Gasteiger partial charge in [0, 0.05) is 11.1 Å². The van der Waals surface area contributed by atoms with E-state index in [0.717, 1.165) is 22.9 Å². The molecule has 1 N–H and O–H groups in total. The summed E-state index contributed by atoms with van der Waals surface area (Å²) in [5.41, 5.74) is 2.09. The quantitative estimate of drug-likeness (QED) is 0.658. The number of rotatable bonds is 6. The predicted molar refractivity (Wildman–Crippen MR) is 103 cm³/mol. The molecule has 3 rings (SSSR count). The standard InChI is InChI=1S/C22H23NO2/c1-3-16(2)17-11-13-19(14-12-17)25-15-22(24)23-21-10-6-8-18-7-4-5-9-20(18)21/h4-14,16H,3,15H2,1-2H3,(H,23,24). The number of benzene rings is 3. The van der Waals surface area contributed by atoms with Crippen LogP contribution in [0.5, 0.6) is 5.75 Å². The van der Waals surface area contributed by atoms with Crippen LogP contribution in [0, 0.1) is 0 Å². The van der Waals surface area contributed by atoms with E-state index < -0.39 is 0 Å². The second kappa shape index (κ2) is 7.84. The van der Waals surface area contributed by atoms with E-state index in [-0.39, 0.29) is 12.5 Å². The van der Waals surface area contributed by atoms with Crippen molar-refractivity contribution in [3.63, 3.8) is 0 Å². The Hall–Kier alpha value is -2.81. The summed E-state index contributed by atoms with van der Waals surface area (Å²) in [6.07, 6.45) is 1.10. The van der Waals surface area contributed by atoms with Crippen LogP contribution in [0.3, 0.4) is 0 Å². The van der Waals surface area contributed by atoms with Gasteiger partial charge in [-0.25, -0.2) is 0 Å². The molecule has 0 aliphatic carbocycles. The molecule has 1 amide bonds. The molecule has 3 nitrogen and oxygen atoms in total. The summed E-state index contributed by atoms with van der Waals surface area (Å²) in [6.45, 7) is 4.37. The fourth-order valence-corrected chi connectivity index (χ4v) is 2.80. The highest BCUT2D eigenvalue weighted by Gasteiger charge is 2.07. The van der Waals surface area contributed by atoms with Gasteiger partial charge in [0.1, 0.15) is 5.75 Å². The molecule has 0 saturated carbocycles. The number of carbonyl (C=O) groups is 1. The molecule has 25 heavy (non-hydrogen) atoms. The topological polar surface area (TPSA) is 38.3 Å². The molecule has 0 aromatic heterocycles. The van der Waals surface area contributed by atoms with E-state index in [1.165, 1.54) is 5.56 Å². The molecule has 3 aromatic rings. The Morgan fingerprint density at radius 1 is 1.00 bits per heavy atom. The molecule has 3 heteroatoms. The van der Waals surface area contributed by atoms with Crippen LogP contribution in [-0.4, -0.2) is 12.5 Å². The number of ether oxygens (including phenoxy) is 1. The number of nitrogens with one attached hydrogen (secondary N) is 1. The maximum atomic E-state index is 12.2. The number of carbonyl (C=O) groups excluding carboxylic acids is 1. The molecule has 0 aliphatic heterocycles. The number of hydrogen-bond acceptors (Lipinski definition) is 2. The molecular weight excluding hydrogens is 310 g/mol. The fourth-order valence-electron chi connectivity index (χ4n) is 2.80. The van der Waals surface area contributed by atoms with Gasteiger partial charge in [-0.2, -0.15) is 0 Å². The number of hydrogen-bond donors (Lipinski definition) is 1. The third-order valence-corrected chi connectivity index (χ3v) is 4.50. The molecule has 0 saturated heterocycles. The lowest BCUT2D eigenvalue weighted by molar-refractivity contribution is -0.118. The summed E-state index contributed by atoms with van der Waals surface area (Å²) in [4.78, 5) is 12.2. The summed E-state index contributed by atoms with van der Waals surface area (Å²) < 4.78 is 5.61. The maximum Gasteiger partial charge on any atom is 0.262 e. The average Bonchev–Trinajstić information content (AvgIpc) is 2.66. The van der Waals surface area contributed by atoms with Gasteiger partial charge in [0.15, 0.2) is 6.61 Å². The minimum atomic E-state index is -0.164. The first-order valence-corrected chi connectivity index (χ1v) is 8.67. The van der Waals surface area contributed by atoms with Crippen molar-refractivity contribution in [2.24, 2.45) is 0 Å². The second-order valence-electron chi connectivity index (χ2n) is 6.24. The molecule has 0 aliphatic rings. The van der Waals surface area contributed by atoms with E-state index in [1.54, 1.807) is 0 Å². The Kier molecular flexibility index (Phi) is 5.34. The average molecular weight is 333 g/mol. The van der Waals surface area contributed by atoms with Crippen molar-refractivity contribution >= 4 is 22.4 Å². The van der Waals surface area contributed by atoms with Crippen LogP contribution >= 0.6 is 0 Å². The van der Waals surface area contributed by atoms with Crippen molar-refractivity contribution in [3.05, 3.63) is 72.3 Å². The lowest BCUT2D eigenvalue weighted by Gasteiger charge is -2.12. The summed E-state index contributed by atoms with van der Waals surface area (Å²) in [6, 6.07) is 21.8. The fraction of sp³-hybridized carbons (Fsp3) is 0.227. The van der Waals surface area contributed by atoms with Gasteiger partial charge in [-0.05, 0) is 41.5 Å². The van der Waals surface area contributed by atoms with E-state index in [4.69, 9.17) is 4.74 Å². The first kappa shape index (κ1) is 17.0. The lowest BCUT2D eigenvalue weighted by Crippen LogP contribution is -2.20. The van der Waals surface area contributed by atoms with Crippen molar-refractivity contribution < 1.29 is 9.53 Å². The molecule has 0 fully saturated rings. The summed E-state index contributed by atoms with van der Waals surface area (Å²) >= 11 is 0. The predicted octanol–water partition coefficient (Wildman–Crippen LogP) is 5.37. The minimum absolute atomic E-state index is 0.00804. The van der Waals surface area contributed by atoms with Gasteiger partial charge in [0.2, 0.25) is 0 Å². The van der Waals surface area contributed by atoms with Gasteiger partial charge in [0.05, 0.1) is 0 Å². The Bertz CT molecular complexity index is 850. The summed E-state index contributed by atoms with van der Waals surface area (Å²) in [7, 11) is 0. The van der Waals surface area contributed by atoms with Crippen molar-refractivity contribution in [2.45, 2.75) is 26.2 Å². The van der Waals surface area contributed by atoms with Crippen molar-refractivity contribution in [2.75, 3.05) is 11.9 Å². The van der Waals surface area contributed by atoms with Crippen LogP contribution in [0.2, 0.25) is 0 Å². The second-order valence-corrected chi connectivity index (χ2v) is 6.24. The molecular formula is C22H23NO2. The molecule has 0 heterocycles. The molecule has 0 spiro atoms. The number of fused-ring (bicyclic) bond motifs is 1. The van der Waals surface area contributed by atoms with Gasteiger partial charge >= 0.3 is 0 Å². The SMILES string of the molecule is CCC(C)c1ccc(OCC(=O)Nc2cccc3ccccc23)cc1. The van der Waals surface area contributed by atoms with Gasteiger partial charge in [-0.1, -0.05) is 62.4 Å². The summed E-state index contributed by atoms with van der Waals surface area (Å²) in [5.74, 6) is 1.08. The van der Waals surface area contributed by atoms with Crippen LogP contribution < -0.4 is 10.1 Å². The maximum absolute atomic E-state index is 12.2. The third-order valence-electron chi connectivity index (χ3n) is 4.50. The van der Waals surface area contributed by atoms with Crippen LogP contribution in [0.15, 0.2) is 66.7 Å². The van der Waals surface area contributed by atoms with Crippen LogP contribution in [0.25, 0.3) is 10.8 Å². The Labute approximate surface area is 148 Å². The molecule has 128 valence electrons. The number of amides is 1. The van der Waals surface area contributed by atoms with E-state index in [2.05, 4.69) is 31.3 Å². The lowest BCUT2D eigenvalue weighted by atomic mass is 9.99. The zero-order valence-electron chi connectivity index (χ0n) is 14.7. The Morgan fingerprint density at radius 3 is 2.48 bits per heavy atom. The largest absolute Gasteiger partial charge is 0.484 e. The van der Waals surface area contributed by atoms with E-state index in [1.807, 2.05) is 54.6 Å². The molecule has 3 aromatic carbocycles. The Balaban J connectivity index is 1.61. The zero-order chi connectivity index (χ0) is 17.6. The van der Waals surface area contributed by atoms with Gasteiger partial charge in [-0.3, -0.25) is 4.79 Å². The first-order chi connectivity index (χ1) is 12.2. The van der Waals surface area contributed by atoms with Crippen LogP contribution in [0.4, 0.5) is 5.69 Å². The van der Waals surface area contributed by atoms with Crippen molar-refractivity contribution in [1.29, 1.82) is 0 Å². The van der Waals surface area contributed by atoms with Crippen molar-refractivity contribution in [1.82, 2.24) is 0 Å². The Morgan fingerprint density at radius 2 is 1.72 bits per heavy atom. The van der Waals surface area contributed by atoms with Gasteiger partial charge < -0.3 is 10.1 Å². The molecule has 0 radical (unpaired) electrons. The monoisotopic (exact) mass is 333 g/mol. The van der Waals surface area contributed by atoms with Crippen LogP contribution in [-0.2, 0) is 4.79 Å². The first-order valence-electron chi connectivity index (χ1n) is 8.67. The van der Waals surface area contributed by atoms with E-state index in [9.17, 15) is 4.79 Å². The normalized spacial score (nSPS) is 11.9. The smallest absolute Gasteiger partial charge is 0.262 e. The molecule has 1 atom stereocenters. The number of anilines is 1. The highest BCUT2D eigenvalue weighted by molar-refractivity contribution is 6.02. The minimum Gasteiger partial charge on any atom is -0.484 e. The third kappa shape index (κ3) is 4.18. The van der Waals surface area contributed by atoms with Gasteiger partial charge in [-0.15, -0.1) is 0 Å². The summed E-state index contributed by atoms with van der Waals surface area (Å²) in [5, 5.41) is 5.05. The van der Waals surface area contributed by atoms with Crippen LogP contribution in [0.1, 0.15) is 31.7 Å². The highest BCUT2D eigenvalue weighted by Crippen LogP contribution is 2.23. The molecule has 0 bridgehead atoms. The highest BCUT2D eigenvalue weighted by atomic mass is 16.5.